The van der Waals surface area contributed by atoms with Crippen LogP contribution in [0.4, 0.5) is 11.4 Å². The van der Waals surface area contributed by atoms with E-state index < -0.39 is 0 Å². The lowest BCUT2D eigenvalue weighted by atomic mass is 10.0. The van der Waals surface area contributed by atoms with Crippen LogP contribution in [0.25, 0.3) is 0 Å². The fourth-order valence-electron chi connectivity index (χ4n) is 3.19. The van der Waals surface area contributed by atoms with Gasteiger partial charge in [-0.1, -0.05) is 12.6 Å². The topological polar surface area (TPSA) is 30.5 Å². The fraction of sp³-hybridized carbons (Fsp3) is 0.500. The largest absolute Gasteiger partial charge is 0.371 e. The third kappa shape index (κ3) is 2.48. The molecule has 1 saturated heterocycles. The van der Waals surface area contributed by atoms with Crippen LogP contribution in [0.2, 0.25) is 0 Å². The molecule has 0 bridgehead atoms. The van der Waals surface area contributed by atoms with Gasteiger partial charge in [-0.3, -0.25) is 0 Å². The molecular weight excluding hydrogens is 248 g/mol. The molecule has 1 fully saturated rings. The van der Waals surface area contributed by atoms with Gasteiger partial charge >= 0.3 is 0 Å². The van der Waals surface area contributed by atoms with Crippen LogP contribution in [0.15, 0.2) is 30.6 Å². The van der Waals surface area contributed by atoms with Crippen LogP contribution in [0.5, 0.6) is 0 Å². The van der Waals surface area contributed by atoms with E-state index in [1.165, 1.54) is 42.9 Å². The summed E-state index contributed by atoms with van der Waals surface area (Å²) in [5, 5.41) is 6.63. The third-order valence-electron chi connectivity index (χ3n) is 4.53. The second kappa shape index (κ2) is 5.37. The highest BCUT2D eigenvalue weighted by atomic mass is 15.2. The predicted molar refractivity (Wildman–Crippen MR) is 85.0 cm³/mol. The SMILES string of the molecule is C=C1NCc2c(cccc2N(C)C2CCN(C)CC2)N1. The van der Waals surface area contributed by atoms with E-state index in [-0.39, 0.29) is 0 Å². The van der Waals surface area contributed by atoms with Crippen molar-refractivity contribution in [2.45, 2.75) is 25.4 Å². The smallest absolute Gasteiger partial charge is 0.0959 e. The van der Waals surface area contributed by atoms with Gasteiger partial charge in [-0.25, -0.2) is 0 Å². The molecule has 0 spiro atoms. The summed E-state index contributed by atoms with van der Waals surface area (Å²) in [6.07, 6.45) is 2.48. The summed E-state index contributed by atoms with van der Waals surface area (Å²) in [6.45, 7) is 7.18. The van der Waals surface area contributed by atoms with Gasteiger partial charge in [0, 0.05) is 36.6 Å². The molecule has 108 valence electrons. The number of benzene rings is 1. The normalized spacial score (nSPS) is 20.0. The molecule has 3 rings (SSSR count). The summed E-state index contributed by atoms with van der Waals surface area (Å²) in [7, 11) is 4.44. The molecule has 4 nitrogen and oxygen atoms in total. The number of rotatable bonds is 2. The Morgan fingerprint density at radius 3 is 2.80 bits per heavy atom. The molecule has 0 aromatic heterocycles. The second-order valence-corrected chi connectivity index (χ2v) is 5.91. The van der Waals surface area contributed by atoms with Gasteiger partial charge in [0.05, 0.1) is 5.82 Å². The summed E-state index contributed by atoms with van der Waals surface area (Å²) in [4.78, 5) is 4.88. The number of likely N-dealkylation sites (tertiary alicyclic amines) is 1. The molecule has 2 heterocycles. The average Bonchev–Trinajstić information content (AvgIpc) is 2.46. The van der Waals surface area contributed by atoms with Crippen LogP contribution >= 0.6 is 0 Å². The lowest BCUT2D eigenvalue weighted by Gasteiger charge is -2.38. The standard InChI is InChI=1S/C16H24N4/c1-12-17-11-14-15(18-12)5-4-6-16(14)20(3)13-7-9-19(2)10-8-13/h4-6,13,17-18H,1,7-11H2,2-3H3. The van der Waals surface area contributed by atoms with Crippen molar-refractivity contribution in [3.05, 3.63) is 36.2 Å². The maximum atomic E-state index is 3.94. The first-order valence-corrected chi connectivity index (χ1v) is 7.38. The highest BCUT2D eigenvalue weighted by molar-refractivity contribution is 5.69. The van der Waals surface area contributed by atoms with Crippen molar-refractivity contribution in [2.75, 3.05) is 37.4 Å². The van der Waals surface area contributed by atoms with Crippen LogP contribution in [-0.2, 0) is 6.54 Å². The number of nitrogens with one attached hydrogen (secondary N) is 2. The maximum absolute atomic E-state index is 3.94. The molecule has 1 aromatic rings. The monoisotopic (exact) mass is 272 g/mol. The Hall–Kier alpha value is -1.68. The Balaban J connectivity index is 1.83. The number of anilines is 2. The van der Waals surface area contributed by atoms with E-state index in [0.29, 0.717) is 6.04 Å². The van der Waals surface area contributed by atoms with E-state index in [0.717, 1.165) is 12.4 Å². The molecule has 0 unspecified atom stereocenters. The number of nitrogens with zero attached hydrogens (tertiary/aromatic N) is 2. The minimum atomic E-state index is 0.642. The zero-order chi connectivity index (χ0) is 14.1. The molecule has 2 aliphatic heterocycles. The van der Waals surface area contributed by atoms with Crippen molar-refractivity contribution in [3.63, 3.8) is 0 Å². The van der Waals surface area contributed by atoms with Gasteiger partial charge in [0.25, 0.3) is 0 Å². The highest BCUT2D eigenvalue weighted by Gasteiger charge is 2.24. The van der Waals surface area contributed by atoms with Crippen LogP contribution in [-0.4, -0.2) is 38.1 Å². The molecule has 20 heavy (non-hydrogen) atoms. The van der Waals surface area contributed by atoms with Gasteiger partial charge in [0.2, 0.25) is 0 Å². The number of hydrogen-bond donors (Lipinski definition) is 2. The summed E-state index contributed by atoms with van der Waals surface area (Å²) < 4.78 is 0. The van der Waals surface area contributed by atoms with E-state index >= 15 is 0 Å². The van der Waals surface area contributed by atoms with E-state index in [1.807, 2.05) is 0 Å². The summed E-state index contributed by atoms with van der Waals surface area (Å²) >= 11 is 0. The zero-order valence-corrected chi connectivity index (χ0v) is 12.4. The number of hydrogen-bond acceptors (Lipinski definition) is 4. The maximum Gasteiger partial charge on any atom is 0.0959 e. The lowest BCUT2D eigenvalue weighted by molar-refractivity contribution is 0.252. The zero-order valence-electron chi connectivity index (χ0n) is 12.4. The molecule has 4 heteroatoms. The van der Waals surface area contributed by atoms with Crippen molar-refractivity contribution in [2.24, 2.45) is 0 Å². The van der Waals surface area contributed by atoms with Crippen molar-refractivity contribution in [3.8, 4) is 0 Å². The Morgan fingerprint density at radius 1 is 1.30 bits per heavy atom. The molecule has 0 atom stereocenters. The summed E-state index contributed by atoms with van der Waals surface area (Å²) in [6, 6.07) is 7.13. The van der Waals surface area contributed by atoms with Gasteiger partial charge in [0.1, 0.15) is 0 Å². The van der Waals surface area contributed by atoms with Gasteiger partial charge in [0.15, 0.2) is 0 Å². The predicted octanol–water partition coefficient (Wildman–Crippen LogP) is 2.20. The molecule has 2 N–H and O–H groups in total. The van der Waals surface area contributed by atoms with Crippen molar-refractivity contribution < 1.29 is 0 Å². The molecule has 1 aromatic carbocycles. The first-order chi connectivity index (χ1) is 9.65. The van der Waals surface area contributed by atoms with E-state index in [4.69, 9.17) is 0 Å². The summed E-state index contributed by atoms with van der Waals surface area (Å²) in [5.74, 6) is 0.886. The van der Waals surface area contributed by atoms with E-state index in [9.17, 15) is 0 Å². The molecule has 2 aliphatic rings. The molecule has 0 saturated carbocycles. The van der Waals surface area contributed by atoms with Crippen LogP contribution in [0.3, 0.4) is 0 Å². The first-order valence-electron chi connectivity index (χ1n) is 7.38. The van der Waals surface area contributed by atoms with Crippen LogP contribution in [0.1, 0.15) is 18.4 Å². The number of fused-ring (bicyclic) bond motifs is 1. The van der Waals surface area contributed by atoms with Crippen molar-refractivity contribution in [1.29, 1.82) is 0 Å². The van der Waals surface area contributed by atoms with Crippen molar-refractivity contribution >= 4 is 11.4 Å². The Labute approximate surface area is 121 Å². The molecule has 0 radical (unpaired) electrons. The molecule has 0 amide bonds. The Bertz CT molecular complexity index is 503. The van der Waals surface area contributed by atoms with Crippen molar-refractivity contribution in [1.82, 2.24) is 10.2 Å². The fourth-order valence-corrected chi connectivity index (χ4v) is 3.19. The first kappa shape index (κ1) is 13.3. The summed E-state index contributed by atoms with van der Waals surface area (Å²) in [5.41, 5.74) is 3.87. The lowest BCUT2D eigenvalue weighted by Crippen LogP contribution is -2.42. The van der Waals surface area contributed by atoms with Gasteiger partial charge < -0.3 is 20.4 Å². The Kier molecular flexibility index (Phi) is 3.57. The minimum absolute atomic E-state index is 0.642. The van der Waals surface area contributed by atoms with Gasteiger partial charge in [-0.05, 0) is 45.1 Å². The second-order valence-electron chi connectivity index (χ2n) is 5.91. The number of piperidine rings is 1. The van der Waals surface area contributed by atoms with E-state index in [2.05, 4.69) is 59.3 Å². The Morgan fingerprint density at radius 2 is 2.05 bits per heavy atom. The minimum Gasteiger partial charge on any atom is -0.371 e. The van der Waals surface area contributed by atoms with Crippen LogP contribution < -0.4 is 15.5 Å². The van der Waals surface area contributed by atoms with Gasteiger partial charge in [-0.15, -0.1) is 0 Å². The third-order valence-corrected chi connectivity index (χ3v) is 4.53. The van der Waals surface area contributed by atoms with E-state index in [1.54, 1.807) is 0 Å². The van der Waals surface area contributed by atoms with Crippen LogP contribution in [0, 0.1) is 0 Å². The van der Waals surface area contributed by atoms with Gasteiger partial charge in [-0.2, -0.15) is 0 Å². The molecule has 0 aliphatic carbocycles. The highest BCUT2D eigenvalue weighted by Crippen LogP contribution is 2.32. The quantitative estimate of drug-likeness (QED) is 0.864. The average molecular weight is 272 g/mol. The molecular formula is C16H24N4.